The van der Waals surface area contributed by atoms with Crippen LogP contribution in [0.1, 0.15) is 25.7 Å². The van der Waals surface area contributed by atoms with Crippen molar-refractivity contribution in [2.24, 2.45) is 11.5 Å². The van der Waals surface area contributed by atoms with E-state index in [1.165, 1.54) is 0 Å². The van der Waals surface area contributed by atoms with Gasteiger partial charge in [-0.2, -0.15) is 0 Å². The molecule has 0 aliphatic rings. The van der Waals surface area contributed by atoms with Crippen molar-refractivity contribution in [1.29, 1.82) is 0 Å². The summed E-state index contributed by atoms with van der Waals surface area (Å²) in [6, 6.07) is 5.53. The lowest BCUT2D eigenvalue weighted by molar-refractivity contribution is 0.0999. The highest BCUT2D eigenvalue weighted by Crippen LogP contribution is 2.37. The van der Waals surface area contributed by atoms with E-state index in [4.69, 9.17) is 17.2 Å². The Kier molecular flexibility index (Phi) is 4.08. The maximum absolute atomic E-state index is 11.6. The molecule has 2 rings (SSSR count). The third-order valence-electron chi connectivity index (χ3n) is 2.87. The Morgan fingerprint density at radius 3 is 2.52 bits per heavy atom. The summed E-state index contributed by atoms with van der Waals surface area (Å²) in [7, 11) is 1.76. The number of nitrogens with zero attached hydrogens (tertiary/aromatic N) is 2. The van der Waals surface area contributed by atoms with E-state index < -0.39 is 11.8 Å². The summed E-state index contributed by atoms with van der Waals surface area (Å²) >= 11 is 1.05. The van der Waals surface area contributed by atoms with Gasteiger partial charge in [0, 0.05) is 13.2 Å². The first-order chi connectivity index (χ1) is 9.91. The predicted molar refractivity (Wildman–Crippen MR) is 82.1 cm³/mol. The zero-order chi connectivity index (χ0) is 15.6. The monoisotopic (exact) mass is 305 g/mol. The molecule has 110 valence electrons. The van der Waals surface area contributed by atoms with Gasteiger partial charge >= 0.3 is 0 Å². The molecule has 2 heterocycles. The van der Waals surface area contributed by atoms with Crippen LogP contribution in [0.2, 0.25) is 0 Å². The fourth-order valence-electron chi connectivity index (χ4n) is 1.93. The molecule has 0 unspecified atom stereocenters. The quantitative estimate of drug-likeness (QED) is 0.743. The maximum atomic E-state index is 11.6. The molecule has 0 radical (unpaired) electrons. The number of thiophene rings is 1. The molecule has 6 N–H and O–H groups in total. The molecule has 2 aromatic rings. The average Bonchev–Trinajstić information content (AvgIpc) is 2.78. The number of anilines is 2. The molecule has 2 aromatic heterocycles. The van der Waals surface area contributed by atoms with Crippen LogP contribution in [0.3, 0.4) is 0 Å². The molecule has 8 heteroatoms. The number of nitrogens with two attached hydrogens (primary N) is 3. The number of aromatic nitrogens is 1. The molecule has 0 aromatic carbocycles. The molecule has 0 fully saturated rings. The summed E-state index contributed by atoms with van der Waals surface area (Å²) in [5.74, 6) is -1.38. The highest BCUT2D eigenvalue weighted by atomic mass is 32.1. The molecule has 21 heavy (non-hydrogen) atoms. The number of primary amides is 2. The second-order valence-corrected chi connectivity index (χ2v) is 5.43. The second-order valence-electron chi connectivity index (χ2n) is 4.43. The van der Waals surface area contributed by atoms with Gasteiger partial charge in [0.1, 0.15) is 9.88 Å². The third kappa shape index (κ3) is 2.95. The van der Waals surface area contributed by atoms with Crippen molar-refractivity contribution in [3.8, 4) is 0 Å². The number of hydrogen-bond donors (Lipinski definition) is 3. The first kappa shape index (κ1) is 14.8. The van der Waals surface area contributed by atoms with Crippen molar-refractivity contribution >= 4 is 33.8 Å². The summed E-state index contributed by atoms with van der Waals surface area (Å²) in [5.41, 5.74) is 17.4. The van der Waals surface area contributed by atoms with Gasteiger partial charge in [-0.25, -0.2) is 0 Å². The molecule has 0 aliphatic heterocycles. The van der Waals surface area contributed by atoms with Crippen LogP contribution >= 0.6 is 11.3 Å². The second kappa shape index (κ2) is 5.80. The Morgan fingerprint density at radius 1 is 1.29 bits per heavy atom. The standard InChI is InChI=1S/C13H15N5O2S/c1-18(6-7-4-2-3-5-17-7)13-8(11(15)19)9(14)10(21-13)12(16)20/h2-5H,6,14H2,1H3,(H2,15,19)(H2,16,20). The molecule has 0 saturated heterocycles. The molecular formula is C13H15N5O2S. The fourth-order valence-corrected chi connectivity index (χ4v) is 2.97. The number of hydrogen-bond acceptors (Lipinski definition) is 6. The fraction of sp³-hybridized carbons (Fsp3) is 0.154. The first-order valence-corrected chi connectivity index (χ1v) is 6.86. The normalized spacial score (nSPS) is 10.3. The minimum absolute atomic E-state index is 0.0304. The van der Waals surface area contributed by atoms with Crippen molar-refractivity contribution in [2.75, 3.05) is 17.7 Å². The van der Waals surface area contributed by atoms with Gasteiger partial charge in [-0.15, -0.1) is 11.3 Å². The van der Waals surface area contributed by atoms with Crippen LogP contribution in [0.15, 0.2) is 24.4 Å². The number of carbonyl (C=O) groups excluding carboxylic acids is 2. The summed E-state index contributed by atoms with van der Waals surface area (Å²) in [6.07, 6.45) is 1.68. The van der Waals surface area contributed by atoms with E-state index in [1.807, 2.05) is 18.2 Å². The van der Waals surface area contributed by atoms with Crippen molar-refractivity contribution in [3.05, 3.63) is 40.5 Å². The van der Waals surface area contributed by atoms with Gasteiger partial charge in [-0.1, -0.05) is 6.07 Å². The van der Waals surface area contributed by atoms with E-state index in [-0.39, 0.29) is 16.1 Å². The van der Waals surface area contributed by atoms with Gasteiger partial charge in [0.2, 0.25) is 0 Å². The molecule has 0 atom stereocenters. The Hall–Kier alpha value is -2.61. The Balaban J connectivity index is 2.40. The van der Waals surface area contributed by atoms with Crippen LogP contribution in [-0.4, -0.2) is 23.8 Å². The summed E-state index contributed by atoms with van der Waals surface area (Å²) in [4.78, 5) is 29.0. The topological polar surface area (TPSA) is 128 Å². The molecule has 0 aliphatic carbocycles. The molecule has 0 spiro atoms. The van der Waals surface area contributed by atoms with Gasteiger partial charge in [0.05, 0.1) is 23.5 Å². The minimum atomic E-state index is -0.695. The molecule has 7 nitrogen and oxygen atoms in total. The number of nitrogen functional groups attached to an aromatic ring is 1. The smallest absolute Gasteiger partial charge is 0.260 e. The molecular weight excluding hydrogens is 290 g/mol. The lowest BCUT2D eigenvalue weighted by Crippen LogP contribution is -2.21. The van der Waals surface area contributed by atoms with E-state index in [2.05, 4.69) is 4.98 Å². The molecule has 2 amide bonds. The number of amides is 2. The highest BCUT2D eigenvalue weighted by molar-refractivity contribution is 7.19. The van der Waals surface area contributed by atoms with Gasteiger partial charge < -0.3 is 22.1 Å². The maximum Gasteiger partial charge on any atom is 0.260 e. The van der Waals surface area contributed by atoms with Gasteiger partial charge in [0.15, 0.2) is 0 Å². The van der Waals surface area contributed by atoms with E-state index >= 15 is 0 Å². The van der Waals surface area contributed by atoms with Crippen LogP contribution in [0.4, 0.5) is 10.7 Å². The van der Waals surface area contributed by atoms with Gasteiger partial charge in [-0.3, -0.25) is 14.6 Å². The van der Waals surface area contributed by atoms with E-state index in [1.54, 1.807) is 18.1 Å². The van der Waals surface area contributed by atoms with Crippen molar-refractivity contribution in [2.45, 2.75) is 6.54 Å². The van der Waals surface area contributed by atoms with Crippen molar-refractivity contribution in [3.63, 3.8) is 0 Å². The number of pyridine rings is 1. The largest absolute Gasteiger partial charge is 0.397 e. The van der Waals surface area contributed by atoms with Crippen LogP contribution < -0.4 is 22.1 Å². The zero-order valence-corrected chi connectivity index (χ0v) is 12.2. The highest BCUT2D eigenvalue weighted by Gasteiger charge is 2.25. The molecule has 0 bridgehead atoms. The Bertz CT molecular complexity index is 683. The van der Waals surface area contributed by atoms with E-state index in [0.717, 1.165) is 17.0 Å². The van der Waals surface area contributed by atoms with E-state index in [9.17, 15) is 9.59 Å². The molecule has 0 saturated carbocycles. The van der Waals surface area contributed by atoms with Crippen LogP contribution in [0.5, 0.6) is 0 Å². The number of rotatable bonds is 5. The summed E-state index contributed by atoms with van der Waals surface area (Å²) in [6.45, 7) is 0.444. The Morgan fingerprint density at radius 2 is 2.00 bits per heavy atom. The van der Waals surface area contributed by atoms with Gasteiger partial charge in [-0.05, 0) is 12.1 Å². The average molecular weight is 305 g/mol. The van der Waals surface area contributed by atoms with Crippen LogP contribution in [0, 0.1) is 0 Å². The van der Waals surface area contributed by atoms with Crippen molar-refractivity contribution in [1.82, 2.24) is 4.98 Å². The summed E-state index contributed by atoms with van der Waals surface area (Å²) in [5, 5.41) is 0.499. The number of carbonyl (C=O) groups is 2. The minimum Gasteiger partial charge on any atom is -0.397 e. The summed E-state index contributed by atoms with van der Waals surface area (Å²) < 4.78 is 0. The third-order valence-corrected chi connectivity index (χ3v) is 4.20. The first-order valence-electron chi connectivity index (χ1n) is 6.04. The van der Waals surface area contributed by atoms with Crippen LogP contribution in [-0.2, 0) is 6.54 Å². The SMILES string of the molecule is CN(Cc1ccccn1)c1sc(C(N)=O)c(N)c1C(N)=O. The van der Waals surface area contributed by atoms with Gasteiger partial charge in [0.25, 0.3) is 11.8 Å². The Labute approximate surface area is 125 Å². The van der Waals surface area contributed by atoms with E-state index in [0.29, 0.717) is 11.5 Å². The zero-order valence-electron chi connectivity index (χ0n) is 11.4. The van der Waals surface area contributed by atoms with Crippen molar-refractivity contribution < 1.29 is 9.59 Å². The lowest BCUT2D eigenvalue weighted by Gasteiger charge is -2.18. The lowest BCUT2D eigenvalue weighted by atomic mass is 10.2. The van der Waals surface area contributed by atoms with Crippen LogP contribution in [0.25, 0.3) is 0 Å². The predicted octanol–water partition coefficient (Wildman–Crippen LogP) is 0.560.